The van der Waals surface area contributed by atoms with E-state index in [1.165, 1.54) is 18.9 Å². The number of carbonyl (C=O) groups excluding carboxylic acids is 2. The van der Waals surface area contributed by atoms with Crippen LogP contribution in [0.1, 0.15) is 75.0 Å². The zero-order valence-electron chi connectivity index (χ0n) is 21.9. The molecule has 4 fully saturated rings. The minimum Gasteiger partial charge on any atom is -0.462 e. The summed E-state index contributed by atoms with van der Waals surface area (Å²) in [5, 5.41) is 3.63. The number of nitrogens with one attached hydrogen (secondary N) is 1. The van der Waals surface area contributed by atoms with Crippen LogP contribution in [0.4, 0.5) is 0 Å². The normalized spacial score (nSPS) is 31.3. The number of ether oxygens (including phenoxy) is 2. The van der Waals surface area contributed by atoms with Gasteiger partial charge in [0.15, 0.2) is 0 Å². The number of hydrogen-bond acceptors (Lipinski definition) is 6. The average molecular weight is 515 g/mol. The average Bonchev–Trinajstić information content (AvgIpc) is 3.41. The Bertz CT molecular complexity index is 1110. The zero-order chi connectivity index (χ0) is 25.9. The van der Waals surface area contributed by atoms with E-state index >= 15 is 0 Å². The van der Waals surface area contributed by atoms with E-state index in [-0.39, 0.29) is 42.3 Å². The van der Waals surface area contributed by atoms with Crippen molar-refractivity contribution in [3.8, 4) is 0 Å². The molecule has 0 amide bonds. The van der Waals surface area contributed by atoms with E-state index in [0.29, 0.717) is 18.5 Å². The van der Waals surface area contributed by atoms with Crippen LogP contribution in [0.5, 0.6) is 0 Å². The molecule has 4 unspecified atom stereocenters. The van der Waals surface area contributed by atoms with E-state index in [1.54, 1.807) is 6.08 Å². The van der Waals surface area contributed by atoms with Gasteiger partial charge in [0.1, 0.15) is 12.2 Å². The third kappa shape index (κ3) is 5.87. The van der Waals surface area contributed by atoms with Gasteiger partial charge in [-0.25, -0.2) is 4.79 Å². The summed E-state index contributed by atoms with van der Waals surface area (Å²) in [4.78, 5) is 28.3. The van der Waals surface area contributed by atoms with E-state index in [4.69, 9.17) is 9.47 Å². The number of hydrogen-bond donors (Lipinski definition) is 1. The summed E-state index contributed by atoms with van der Waals surface area (Å²) in [6.45, 7) is 0. The van der Waals surface area contributed by atoms with Crippen LogP contribution in [0.15, 0.2) is 66.7 Å². The molecule has 0 aromatic heterocycles. The first-order valence-electron chi connectivity index (χ1n) is 14.3. The lowest BCUT2D eigenvalue weighted by molar-refractivity contribution is -0.153. The first-order chi connectivity index (χ1) is 18.6. The number of esters is 2. The van der Waals surface area contributed by atoms with Crippen LogP contribution >= 0.6 is 0 Å². The quantitative estimate of drug-likeness (QED) is 0.386. The molecule has 200 valence electrons. The lowest BCUT2D eigenvalue weighted by Crippen LogP contribution is -2.48. The molecule has 4 heterocycles. The number of carbonyl (C=O) groups is 2. The lowest BCUT2D eigenvalue weighted by atomic mass is 9.93. The van der Waals surface area contributed by atoms with E-state index < -0.39 is 0 Å². The van der Waals surface area contributed by atoms with Crippen LogP contribution in [0.25, 0.3) is 6.08 Å². The van der Waals surface area contributed by atoms with Gasteiger partial charge in [-0.05, 0) is 55.7 Å². The first-order valence-corrected chi connectivity index (χ1v) is 14.3. The molecular weight excluding hydrogens is 476 g/mol. The van der Waals surface area contributed by atoms with Crippen molar-refractivity contribution in [1.82, 2.24) is 10.2 Å². The molecule has 4 saturated heterocycles. The molecule has 4 aliphatic heterocycles. The van der Waals surface area contributed by atoms with Crippen molar-refractivity contribution in [3.05, 3.63) is 77.9 Å². The smallest absolute Gasteiger partial charge is 0.331 e. The fourth-order valence-electron chi connectivity index (χ4n) is 7.26. The van der Waals surface area contributed by atoms with Crippen molar-refractivity contribution in [2.45, 2.75) is 100 Å². The Morgan fingerprint density at radius 3 is 2.08 bits per heavy atom. The van der Waals surface area contributed by atoms with E-state index in [1.807, 2.05) is 48.5 Å². The minimum absolute atomic E-state index is 0.0192. The highest BCUT2D eigenvalue weighted by Gasteiger charge is 2.46. The van der Waals surface area contributed by atoms with Crippen LogP contribution in [-0.4, -0.2) is 53.2 Å². The molecule has 0 spiro atoms. The zero-order valence-corrected chi connectivity index (χ0v) is 21.9. The van der Waals surface area contributed by atoms with Crippen LogP contribution in [0, 0.1) is 0 Å². The number of rotatable bonds is 8. The maximum atomic E-state index is 13.3. The van der Waals surface area contributed by atoms with Crippen LogP contribution < -0.4 is 5.32 Å². The molecule has 4 bridgehead atoms. The van der Waals surface area contributed by atoms with Gasteiger partial charge in [-0.15, -0.1) is 0 Å². The summed E-state index contributed by atoms with van der Waals surface area (Å²) in [5.74, 6) is -0.380. The van der Waals surface area contributed by atoms with Crippen molar-refractivity contribution < 1.29 is 19.1 Å². The van der Waals surface area contributed by atoms with Crippen LogP contribution in [0.3, 0.4) is 0 Å². The highest BCUT2D eigenvalue weighted by atomic mass is 16.5. The molecular formula is C32H38N2O4. The first kappa shape index (κ1) is 25.3. The lowest BCUT2D eigenvalue weighted by Gasteiger charge is -2.43. The SMILES string of the molecule is O=C(/C=C/c1ccccc1)OC1CC2CCC(C1)N2[C@@H](CC(=O)OC1CC2CCC(C1)N2)c1ccccc1. The van der Waals surface area contributed by atoms with Gasteiger partial charge in [0.05, 0.1) is 6.42 Å². The summed E-state index contributed by atoms with van der Waals surface area (Å²) in [5.41, 5.74) is 2.14. The van der Waals surface area contributed by atoms with Gasteiger partial charge in [-0.2, -0.15) is 0 Å². The van der Waals surface area contributed by atoms with Gasteiger partial charge >= 0.3 is 11.9 Å². The Kier molecular flexibility index (Phi) is 7.61. The Hall–Kier alpha value is -2.96. The van der Waals surface area contributed by atoms with E-state index in [9.17, 15) is 9.59 Å². The second-order valence-electron chi connectivity index (χ2n) is 11.5. The number of benzene rings is 2. The van der Waals surface area contributed by atoms with E-state index in [2.05, 4.69) is 22.3 Å². The second kappa shape index (κ2) is 11.4. The Morgan fingerprint density at radius 1 is 0.816 bits per heavy atom. The summed E-state index contributed by atoms with van der Waals surface area (Å²) < 4.78 is 11.9. The van der Waals surface area contributed by atoms with Gasteiger partial charge in [-0.1, -0.05) is 60.7 Å². The topological polar surface area (TPSA) is 67.9 Å². The Labute approximate surface area is 225 Å². The fourth-order valence-corrected chi connectivity index (χ4v) is 7.26. The van der Waals surface area contributed by atoms with Crippen molar-refractivity contribution in [2.24, 2.45) is 0 Å². The molecule has 0 saturated carbocycles. The maximum absolute atomic E-state index is 13.3. The number of piperidine rings is 2. The molecule has 6 nitrogen and oxygen atoms in total. The highest BCUT2D eigenvalue weighted by molar-refractivity contribution is 5.87. The van der Waals surface area contributed by atoms with Gasteiger partial charge in [0.25, 0.3) is 0 Å². The Morgan fingerprint density at radius 2 is 1.42 bits per heavy atom. The van der Waals surface area contributed by atoms with Gasteiger partial charge < -0.3 is 14.8 Å². The monoisotopic (exact) mass is 514 g/mol. The summed E-state index contributed by atoms with van der Waals surface area (Å²) in [7, 11) is 0. The van der Waals surface area contributed by atoms with Crippen LogP contribution in [-0.2, 0) is 19.1 Å². The molecule has 1 N–H and O–H groups in total. The predicted molar refractivity (Wildman–Crippen MR) is 146 cm³/mol. The molecule has 2 aromatic rings. The van der Waals surface area contributed by atoms with Crippen molar-refractivity contribution >= 4 is 18.0 Å². The molecule has 38 heavy (non-hydrogen) atoms. The fraction of sp³-hybridized carbons (Fsp3) is 0.500. The third-order valence-corrected chi connectivity index (χ3v) is 8.87. The van der Waals surface area contributed by atoms with Crippen molar-refractivity contribution in [2.75, 3.05) is 0 Å². The number of fused-ring (bicyclic) bond motifs is 4. The molecule has 2 aromatic carbocycles. The van der Waals surface area contributed by atoms with Crippen molar-refractivity contribution in [3.63, 3.8) is 0 Å². The number of nitrogens with zero attached hydrogens (tertiary/aromatic N) is 1. The molecule has 4 aliphatic rings. The standard InChI is InChI=1S/C32H38N2O4/c35-31(16-11-22-7-3-1-4-8-22)37-29-19-26-14-15-27(20-29)34(26)30(23-9-5-2-6-10-23)21-32(36)38-28-17-24-12-13-25(18-28)33-24/h1-11,16,24-30,33H,12-15,17-21H2/b16-11+/t24?,25?,26?,27?,28?,29?,30-/m0/s1. The summed E-state index contributed by atoms with van der Waals surface area (Å²) in [6.07, 6.45) is 11.6. The largest absolute Gasteiger partial charge is 0.462 e. The van der Waals surface area contributed by atoms with Gasteiger partial charge in [0, 0.05) is 49.1 Å². The third-order valence-electron chi connectivity index (χ3n) is 8.87. The van der Waals surface area contributed by atoms with Crippen LogP contribution in [0.2, 0.25) is 0 Å². The van der Waals surface area contributed by atoms with Gasteiger partial charge in [0.2, 0.25) is 0 Å². The molecule has 0 aliphatic carbocycles. The van der Waals surface area contributed by atoms with E-state index in [0.717, 1.165) is 49.7 Å². The Balaban J connectivity index is 1.10. The van der Waals surface area contributed by atoms with Crippen molar-refractivity contribution in [1.29, 1.82) is 0 Å². The maximum Gasteiger partial charge on any atom is 0.331 e. The molecule has 6 heteroatoms. The molecule has 5 atom stereocenters. The molecule has 0 radical (unpaired) electrons. The highest BCUT2D eigenvalue weighted by Crippen LogP contribution is 2.44. The minimum atomic E-state index is -0.286. The second-order valence-corrected chi connectivity index (χ2v) is 11.5. The summed E-state index contributed by atoms with van der Waals surface area (Å²) >= 11 is 0. The predicted octanol–water partition coefficient (Wildman–Crippen LogP) is 5.20. The van der Waals surface area contributed by atoms with Gasteiger partial charge in [-0.3, -0.25) is 9.69 Å². The summed E-state index contributed by atoms with van der Waals surface area (Å²) in [6, 6.07) is 21.7. The molecule has 6 rings (SSSR count).